The minimum absolute atomic E-state index is 0.170. The van der Waals surface area contributed by atoms with E-state index in [1.54, 1.807) is 54.7 Å². The number of hydrogen-bond acceptors (Lipinski definition) is 7. The number of para-hydroxylation sites is 2. The van der Waals surface area contributed by atoms with E-state index in [0.29, 0.717) is 31.1 Å². The summed E-state index contributed by atoms with van der Waals surface area (Å²) >= 11 is 1.66. The van der Waals surface area contributed by atoms with Gasteiger partial charge in [-0.1, -0.05) is 29.8 Å². The Bertz CT molecular complexity index is 1320. The molecule has 0 fully saturated rings. The first-order valence-electron chi connectivity index (χ1n) is 12.5. The maximum atomic E-state index is 13.8. The van der Waals surface area contributed by atoms with E-state index in [2.05, 4.69) is 0 Å². The van der Waals surface area contributed by atoms with Gasteiger partial charge in [-0.3, -0.25) is 4.79 Å². The maximum absolute atomic E-state index is 13.8. The first kappa shape index (κ1) is 28.1. The average molecular weight is 559 g/mol. The molecule has 10 heteroatoms. The Morgan fingerprint density at radius 2 is 1.82 bits per heavy atom. The van der Waals surface area contributed by atoms with E-state index in [4.69, 9.17) is 14.2 Å². The summed E-state index contributed by atoms with van der Waals surface area (Å²) in [7, 11) is -0.721. The number of methoxy groups -OCH3 is 2. The lowest BCUT2D eigenvalue weighted by atomic mass is 10.0. The van der Waals surface area contributed by atoms with Crippen molar-refractivity contribution >= 4 is 27.3 Å². The SMILES string of the molecule is COCCCN(CC(=O)N1CCc2sccc2[C@H]1COc1ccccc1OC)S(=O)(=O)c1ccc(C)cc1. The Morgan fingerprint density at radius 3 is 2.53 bits per heavy atom. The summed E-state index contributed by atoms with van der Waals surface area (Å²) in [4.78, 5) is 16.9. The van der Waals surface area contributed by atoms with Gasteiger partial charge in [0.15, 0.2) is 11.5 Å². The highest BCUT2D eigenvalue weighted by atomic mass is 32.2. The Labute approximate surface area is 228 Å². The minimum atomic E-state index is -3.88. The smallest absolute Gasteiger partial charge is 0.243 e. The normalized spacial score (nSPS) is 15.4. The molecule has 0 saturated heterocycles. The van der Waals surface area contributed by atoms with Crippen LogP contribution < -0.4 is 9.47 Å². The third-order valence-corrected chi connectivity index (χ3v) is 9.46. The van der Waals surface area contributed by atoms with Crippen molar-refractivity contribution in [3.05, 3.63) is 76.0 Å². The molecule has 0 bridgehead atoms. The zero-order chi connectivity index (χ0) is 27.1. The lowest BCUT2D eigenvalue weighted by Gasteiger charge is -2.37. The van der Waals surface area contributed by atoms with Gasteiger partial charge in [0.2, 0.25) is 15.9 Å². The van der Waals surface area contributed by atoms with Crippen LogP contribution >= 0.6 is 11.3 Å². The minimum Gasteiger partial charge on any atom is -0.493 e. The van der Waals surface area contributed by atoms with Crippen molar-refractivity contribution in [2.24, 2.45) is 0 Å². The molecule has 0 unspecified atom stereocenters. The number of hydrogen-bond donors (Lipinski definition) is 0. The van der Waals surface area contributed by atoms with Crippen LogP contribution in [0.15, 0.2) is 64.9 Å². The van der Waals surface area contributed by atoms with Crippen molar-refractivity contribution in [2.75, 3.05) is 47.1 Å². The molecule has 2 aromatic carbocycles. The molecule has 1 amide bonds. The summed E-state index contributed by atoms with van der Waals surface area (Å²) in [5, 5.41) is 2.02. The van der Waals surface area contributed by atoms with E-state index in [9.17, 15) is 13.2 Å². The fraction of sp³-hybridized carbons (Fsp3) is 0.393. The molecule has 1 atom stereocenters. The zero-order valence-corrected chi connectivity index (χ0v) is 23.6. The molecule has 8 nitrogen and oxygen atoms in total. The fourth-order valence-corrected chi connectivity index (χ4v) is 6.91. The second kappa shape index (κ2) is 12.8. The number of carbonyl (C=O) groups is 1. The number of carbonyl (C=O) groups excluding carboxylic acids is 1. The second-order valence-electron chi connectivity index (χ2n) is 9.11. The van der Waals surface area contributed by atoms with Crippen LogP contribution in [0.25, 0.3) is 0 Å². The molecular weight excluding hydrogens is 524 g/mol. The Kier molecular flexibility index (Phi) is 9.43. The van der Waals surface area contributed by atoms with E-state index >= 15 is 0 Å². The Morgan fingerprint density at radius 1 is 1.08 bits per heavy atom. The van der Waals surface area contributed by atoms with Crippen LogP contribution in [0.2, 0.25) is 0 Å². The number of amides is 1. The van der Waals surface area contributed by atoms with E-state index in [-0.39, 0.29) is 36.5 Å². The molecule has 0 saturated carbocycles. The number of aryl methyl sites for hydroxylation is 1. The number of rotatable bonds is 12. The number of ether oxygens (including phenoxy) is 3. The van der Waals surface area contributed by atoms with Gasteiger partial charge in [-0.2, -0.15) is 4.31 Å². The molecule has 0 aliphatic carbocycles. The molecule has 1 aromatic heterocycles. The summed E-state index contributed by atoms with van der Waals surface area (Å²) in [6, 6.07) is 15.8. The maximum Gasteiger partial charge on any atom is 0.243 e. The van der Waals surface area contributed by atoms with Crippen molar-refractivity contribution in [2.45, 2.75) is 30.7 Å². The van der Waals surface area contributed by atoms with Crippen molar-refractivity contribution in [1.82, 2.24) is 9.21 Å². The largest absolute Gasteiger partial charge is 0.493 e. The molecule has 3 aromatic rings. The number of fused-ring (bicyclic) bond motifs is 1. The van der Waals surface area contributed by atoms with Gasteiger partial charge in [-0.15, -0.1) is 11.3 Å². The standard InChI is InChI=1S/C28H34N2O6S2/c1-21-9-11-22(12-10-21)38(32,33)29(15-6-17-34-2)19-28(31)30-16-13-27-23(14-18-37-27)24(30)20-36-26-8-5-4-7-25(26)35-3/h4-5,7-12,14,18,24H,6,13,15-17,19-20H2,1-3H3/t24-/m1/s1. The molecule has 204 valence electrons. The lowest BCUT2D eigenvalue weighted by Crippen LogP contribution is -2.48. The zero-order valence-electron chi connectivity index (χ0n) is 22.0. The van der Waals surface area contributed by atoms with Gasteiger partial charge < -0.3 is 19.1 Å². The van der Waals surface area contributed by atoms with Gasteiger partial charge >= 0.3 is 0 Å². The summed E-state index contributed by atoms with van der Waals surface area (Å²) in [5.74, 6) is 0.941. The highest BCUT2D eigenvalue weighted by Crippen LogP contribution is 2.35. The van der Waals surface area contributed by atoms with Crippen LogP contribution in [0.4, 0.5) is 0 Å². The van der Waals surface area contributed by atoms with Crippen LogP contribution in [0, 0.1) is 6.92 Å². The molecule has 1 aliphatic rings. The third-order valence-electron chi connectivity index (χ3n) is 6.61. The quantitative estimate of drug-likeness (QED) is 0.308. The van der Waals surface area contributed by atoms with E-state index < -0.39 is 10.0 Å². The predicted octanol–water partition coefficient (Wildman–Crippen LogP) is 4.30. The number of benzene rings is 2. The average Bonchev–Trinajstić information content (AvgIpc) is 3.41. The summed E-state index contributed by atoms with van der Waals surface area (Å²) in [5.41, 5.74) is 2.00. The number of thiophene rings is 1. The molecule has 38 heavy (non-hydrogen) atoms. The lowest BCUT2D eigenvalue weighted by molar-refractivity contribution is -0.135. The monoisotopic (exact) mass is 558 g/mol. The first-order chi connectivity index (χ1) is 18.3. The molecule has 4 rings (SSSR count). The van der Waals surface area contributed by atoms with Gasteiger partial charge in [0.1, 0.15) is 6.61 Å². The van der Waals surface area contributed by atoms with Crippen LogP contribution in [-0.2, 0) is 26.0 Å². The third kappa shape index (κ3) is 6.37. The van der Waals surface area contributed by atoms with E-state index in [1.165, 1.54) is 9.18 Å². The van der Waals surface area contributed by atoms with Crippen LogP contribution in [0.1, 0.15) is 28.5 Å². The van der Waals surface area contributed by atoms with Gasteiger partial charge in [0, 0.05) is 31.7 Å². The number of sulfonamides is 1. The van der Waals surface area contributed by atoms with Gasteiger partial charge in [0.05, 0.1) is 24.6 Å². The highest BCUT2D eigenvalue weighted by molar-refractivity contribution is 7.89. The molecule has 0 spiro atoms. The topological polar surface area (TPSA) is 85.4 Å². The van der Waals surface area contributed by atoms with Crippen molar-refractivity contribution in [1.29, 1.82) is 0 Å². The molecular formula is C28H34N2O6S2. The van der Waals surface area contributed by atoms with Crippen molar-refractivity contribution < 1.29 is 27.4 Å². The van der Waals surface area contributed by atoms with Crippen LogP contribution in [0.5, 0.6) is 11.5 Å². The Hall–Kier alpha value is -2.92. The predicted molar refractivity (Wildman–Crippen MR) is 147 cm³/mol. The fourth-order valence-electron chi connectivity index (χ4n) is 4.55. The summed E-state index contributed by atoms with van der Waals surface area (Å²) in [6.45, 7) is 2.93. The molecule has 2 heterocycles. The molecule has 0 radical (unpaired) electrons. The number of nitrogens with zero attached hydrogens (tertiary/aromatic N) is 2. The van der Waals surface area contributed by atoms with E-state index in [1.807, 2.05) is 42.6 Å². The van der Waals surface area contributed by atoms with Crippen molar-refractivity contribution in [3.63, 3.8) is 0 Å². The first-order valence-corrected chi connectivity index (χ1v) is 14.8. The Balaban J connectivity index is 1.57. The molecule has 0 N–H and O–H groups in total. The highest BCUT2D eigenvalue weighted by Gasteiger charge is 2.35. The van der Waals surface area contributed by atoms with Crippen LogP contribution in [0.3, 0.4) is 0 Å². The summed E-state index contributed by atoms with van der Waals surface area (Å²) in [6.07, 6.45) is 1.20. The van der Waals surface area contributed by atoms with Crippen molar-refractivity contribution in [3.8, 4) is 11.5 Å². The van der Waals surface area contributed by atoms with Gasteiger partial charge in [0.25, 0.3) is 0 Å². The van der Waals surface area contributed by atoms with Gasteiger partial charge in [-0.25, -0.2) is 8.42 Å². The second-order valence-corrected chi connectivity index (χ2v) is 12.1. The van der Waals surface area contributed by atoms with Crippen LogP contribution in [-0.4, -0.2) is 70.6 Å². The molecule has 1 aliphatic heterocycles. The van der Waals surface area contributed by atoms with E-state index in [0.717, 1.165) is 17.5 Å². The summed E-state index contributed by atoms with van der Waals surface area (Å²) < 4.78 is 45.1. The van der Waals surface area contributed by atoms with Gasteiger partial charge in [-0.05, 0) is 61.0 Å².